The Hall–Kier alpha value is -0.930. The molecule has 2 nitrogen and oxygen atoms in total. The SMILES string of the molecule is CCC(NCCN)c1cccc(F)c1. The Morgan fingerprint density at radius 3 is 2.86 bits per heavy atom. The summed E-state index contributed by atoms with van der Waals surface area (Å²) < 4.78 is 12.9. The topological polar surface area (TPSA) is 38.0 Å². The second-order valence-corrected chi connectivity index (χ2v) is 3.26. The first-order chi connectivity index (χ1) is 6.77. The van der Waals surface area contributed by atoms with Crippen molar-refractivity contribution in [2.75, 3.05) is 13.1 Å². The average Bonchev–Trinajstić information content (AvgIpc) is 2.19. The van der Waals surface area contributed by atoms with Gasteiger partial charge in [0.25, 0.3) is 0 Å². The second kappa shape index (κ2) is 5.73. The van der Waals surface area contributed by atoms with E-state index in [1.807, 2.05) is 6.07 Å². The van der Waals surface area contributed by atoms with Gasteiger partial charge in [-0.05, 0) is 24.1 Å². The van der Waals surface area contributed by atoms with Crippen molar-refractivity contribution in [2.45, 2.75) is 19.4 Å². The van der Waals surface area contributed by atoms with Crippen LogP contribution in [0, 0.1) is 5.82 Å². The number of nitrogens with one attached hydrogen (secondary N) is 1. The Balaban J connectivity index is 2.68. The van der Waals surface area contributed by atoms with Crippen molar-refractivity contribution in [3.63, 3.8) is 0 Å². The van der Waals surface area contributed by atoms with Crippen LogP contribution in [-0.4, -0.2) is 13.1 Å². The minimum atomic E-state index is -0.185. The van der Waals surface area contributed by atoms with Crippen molar-refractivity contribution < 1.29 is 4.39 Å². The van der Waals surface area contributed by atoms with Crippen LogP contribution in [0.25, 0.3) is 0 Å². The molecule has 1 unspecified atom stereocenters. The lowest BCUT2D eigenvalue weighted by atomic mass is 10.0. The Bertz CT molecular complexity index is 276. The molecule has 0 fully saturated rings. The van der Waals surface area contributed by atoms with Crippen LogP contribution in [0.15, 0.2) is 24.3 Å². The van der Waals surface area contributed by atoms with Crippen LogP contribution in [-0.2, 0) is 0 Å². The van der Waals surface area contributed by atoms with E-state index < -0.39 is 0 Å². The fourth-order valence-corrected chi connectivity index (χ4v) is 1.48. The standard InChI is InChI=1S/C11H17FN2/c1-2-11(14-7-6-13)9-4-3-5-10(12)8-9/h3-5,8,11,14H,2,6-7,13H2,1H3. The van der Waals surface area contributed by atoms with Crippen molar-refractivity contribution >= 4 is 0 Å². The molecule has 3 N–H and O–H groups in total. The molecule has 0 spiro atoms. The largest absolute Gasteiger partial charge is 0.329 e. The summed E-state index contributed by atoms with van der Waals surface area (Å²) in [5, 5.41) is 3.27. The fourth-order valence-electron chi connectivity index (χ4n) is 1.48. The van der Waals surface area contributed by atoms with Crippen molar-refractivity contribution in [2.24, 2.45) is 5.73 Å². The zero-order valence-electron chi connectivity index (χ0n) is 8.46. The fraction of sp³-hybridized carbons (Fsp3) is 0.455. The van der Waals surface area contributed by atoms with E-state index in [2.05, 4.69) is 12.2 Å². The molecule has 0 amide bonds. The highest BCUT2D eigenvalue weighted by Gasteiger charge is 2.07. The molecular formula is C11H17FN2. The third kappa shape index (κ3) is 3.09. The predicted octanol–water partition coefficient (Wildman–Crippen LogP) is 1.83. The van der Waals surface area contributed by atoms with E-state index in [1.165, 1.54) is 6.07 Å². The Morgan fingerprint density at radius 1 is 1.50 bits per heavy atom. The van der Waals surface area contributed by atoms with Gasteiger partial charge in [-0.25, -0.2) is 4.39 Å². The molecule has 0 saturated carbocycles. The van der Waals surface area contributed by atoms with Gasteiger partial charge in [-0.3, -0.25) is 0 Å². The number of rotatable bonds is 5. The Kier molecular flexibility index (Phi) is 4.56. The minimum absolute atomic E-state index is 0.185. The average molecular weight is 196 g/mol. The van der Waals surface area contributed by atoms with Crippen LogP contribution in [0.5, 0.6) is 0 Å². The first-order valence-electron chi connectivity index (χ1n) is 4.96. The lowest BCUT2D eigenvalue weighted by Crippen LogP contribution is -2.26. The maximum atomic E-state index is 12.9. The van der Waals surface area contributed by atoms with E-state index in [4.69, 9.17) is 5.73 Å². The van der Waals surface area contributed by atoms with Gasteiger partial charge in [0.15, 0.2) is 0 Å². The van der Waals surface area contributed by atoms with Crippen LogP contribution in [0.1, 0.15) is 24.9 Å². The molecule has 0 aliphatic carbocycles. The third-order valence-electron chi connectivity index (χ3n) is 2.19. The summed E-state index contributed by atoms with van der Waals surface area (Å²) in [5.41, 5.74) is 6.39. The molecule has 0 saturated heterocycles. The van der Waals surface area contributed by atoms with E-state index in [-0.39, 0.29) is 11.9 Å². The molecule has 1 aromatic rings. The maximum Gasteiger partial charge on any atom is 0.123 e. The number of hydrogen-bond acceptors (Lipinski definition) is 2. The number of benzene rings is 1. The first-order valence-corrected chi connectivity index (χ1v) is 4.96. The monoisotopic (exact) mass is 196 g/mol. The molecule has 0 aliphatic heterocycles. The van der Waals surface area contributed by atoms with Gasteiger partial charge in [-0.1, -0.05) is 19.1 Å². The highest BCUT2D eigenvalue weighted by atomic mass is 19.1. The van der Waals surface area contributed by atoms with E-state index in [0.29, 0.717) is 6.54 Å². The van der Waals surface area contributed by atoms with E-state index in [9.17, 15) is 4.39 Å². The van der Waals surface area contributed by atoms with Crippen LogP contribution in [0.2, 0.25) is 0 Å². The summed E-state index contributed by atoms with van der Waals surface area (Å²) in [5.74, 6) is -0.185. The van der Waals surface area contributed by atoms with Crippen molar-refractivity contribution in [1.29, 1.82) is 0 Å². The quantitative estimate of drug-likeness (QED) is 0.754. The van der Waals surface area contributed by atoms with Crippen LogP contribution >= 0.6 is 0 Å². The highest BCUT2D eigenvalue weighted by molar-refractivity contribution is 5.19. The van der Waals surface area contributed by atoms with Gasteiger partial charge >= 0.3 is 0 Å². The lowest BCUT2D eigenvalue weighted by Gasteiger charge is -2.16. The summed E-state index contributed by atoms with van der Waals surface area (Å²) in [6.45, 7) is 3.43. The molecule has 0 heterocycles. The third-order valence-corrected chi connectivity index (χ3v) is 2.19. The first kappa shape index (κ1) is 11.1. The van der Waals surface area contributed by atoms with E-state index in [0.717, 1.165) is 18.5 Å². The van der Waals surface area contributed by atoms with E-state index in [1.54, 1.807) is 12.1 Å². The van der Waals surface area contributed by atoms with Gasteiger partial charge in [-0.2, -0.15) is 0 Å². The molecule has 0 aromatic heterocycles. The van der Waals surface area contributed by atoms with Crippen molar-refractivity contribution in [3.05, 3.63) is 35.6 Å². The maximum absolute atomic E-state index is 12.9. The molecule has 14 heavy (non-hydrogen) atoms. The molecule has 1 rings (SSSR count). The van der Waals surface area contributed by atoms with Gasteiger partial charge in [0.1, 0.15) is 5.82 Å². The van der Waals surface area contributed by atoms with Gasteiger partial charge in [-0.15, -0.1) is 0 Å². The molecule has 0 radical (unpaired) electrons. The molecule has 1 atom stereocenters. The highest BCUT2D eigenvalue weighted by Crippen LogP contribution is 2.16. The smallest absolute Gasteiger partial charge is 0.123 e. The zero-order chi connectivity index (χ0) is 10.4. The molecular weight excluding hydrogens is 179 g/mol. The predicted molar refractivity (Wildman–Crippen MR) is 56.5 cm³/mol. The normalized spacial score (nSPS) is 12.8. The van der Waals surface area contributed by atoms with Crippen molar-refractivity contribution in [3.8, 4) is 0 Å². The van der Waals surface area contributed by atoms with Crippen LogP contribution in [0.3, 0.4) is 0 Å². The molecule has 0 aliphatic rings. The minimum Gasteiger partial charge on any atom is -0.329 e. The Morgan fingerprint density at radius 2 is 2.29 bits per heavy atom. The van der Waals surface area contributed by atoms with Gasteiger partial charge in [0, 0.05) is 19.1 Å². The summed E-state index contributed by atoms with van der Waals surface area (Å²) in [4.78, 5) is 0. The molecule has 0 bridgehead atoms. The summed E-state index contributed by atoms with van der Waals surface area (Å²) >= 11 is 0. The zero-order valence-corrected chi connectivity index (χ0v) is 8.46. The lowest BCUT2D eigenvalue weighted by molar-refractivity contribution is 0.522. The van der Waals surface area contributed by atoms with Crippen LogP contribution in [0.4, 0.5) is 4.39 Å². The second-order valence-electron chi connectivity index (χ2n) is 3.26. The number of hydrogen-bond donors (Lipinski definition) is 2. The van der Waals surface area contributed by atoms with Gasteiger partial charge < -0.3 is 11.1 Å². The van der Waals surface area contributed by atoms with E-state index >= 15 is 0 Å². The van der Waals surface area contributed by atoms with Crippen molar-refractivity contribution in [1.82, 2.24) is 5.32 Å². The number of halogens is 1. The Labute approximate surface area is 84.3 Å². The number of nitrogens with two attached hydrogens (primary N) is 1. The summed E-state index contributed by atoms with van der Waals surface area (Å²) in [6.07, 6.45) is 0.934. The van der Waals surface area contributed by atoms with Gasteiger partial charge in [0.2, 0.25) is 0 Å². The molecule has 78 valence electrons. The summed E-state index contributed by atoms with van der Waals surface area (Å²) in [6, 6.07) is 6.89. The molecule has 1 aromatic carbocycles. The van der Waals surface area contributed by atoms with Gasteiger partial charge in [0.05, 0.1) is 0 Å². The summed E-state index contributed by atoms with van der Waals surface area (Å²) in [7, 11) is 0. The van der Waals surface area contributed by atoms with Crippen LogP contribution < -0.4 is 11.1 Å². The molecule has 3 heteroatoms.